The van der Waals surface area contributed by atoms with Crippen LogP contribution in [0.2, 0.25) is 0 Å². The van der Waals surface area contributed by atoms with Crippen LogP contribution in [0, 0.1) is 11.3 Å². The molecule has 8 nitrogen and oxygen atoms in total. The van der Waals surface area contributed by atoms with E-state index in [1.165, 1.54) is 43.3 Å². The van der Waals surface area contributed by atoms with Gasteiger partial charge in [0.05, 0.1) is 11.6 Å². The highest BCUT2D eigenvalue weighted by molar-refractivity contribution is 5.98. The van der Waals surface area contributed by atoms with Crippen LogP contribution in [-0.4, -0.2) is 30.2 Å². The van der Waals surface area contributed by atoms with Crippen molar-refractivity contribution in [3.05, 3.63) is 54.1 Å². The number of alkyl halides is 3. The van der Waals surface area contributed by atoms with Gasteiger partial charge < -0.3 is 20.1 Å². The summed E-state index contributed by atoms with van der Waals surface area (Å²) < 4.78 is 45.3. The van der Waals surface area contributed by atoms with E-state index < -0.39 is 36.0 Å². The number of ether oxygens (including phenoxy) is 2. The number of hydrogen-bond acceptors (Lipinski definition) is 6. The van der Waals surface area contributed by atoms with Crippen LogP contribution in [-0.2, 0) is 14.3 Å². The van der Waals surface area contributed by atoms with Crippen LogP contribution in [0.3, 0.4) is 0 Å². The molecular formula is C20H16F3N3O5. The third-order valence-electron chi connectivity index (χ3n) is 3.65. The van der Waals surface area contributed by atoms with Crippen LogP contribution >= 0.6 is 0 Å². The van der Waals surface area contributed by atoms with Crippen molar-refractivity contribution in [3.63, 3.8) is 0 Å². The van der Waals surface area contributed by atoms with Crippen LogP contribution in [0.1, 0.15) is 23.7 Å². The zero-order chi connectivity index (χ0) is 23.0. The van der Waals surface area contributed by atoms with E-state index in [0.717, 1.165) is 12.1 Å². The summed E-state index contributed by atoms with van der Waals surface area (Å²) in [7, 11) is 0. The Morgan fingerprint density at radius 1 is 1.00 bits per heavy atom. The first-order chi connectivity index (χ1) is 14.6. The second kappa shape index (κ2) is 10.1. The summed E-state index contributed by atoms with van der Waals surface area (Å²) in [5.74, 6) is -2.44. The van der Waals surface area contributed by atoms with Gasteiger partial charge in [-0.15, -0.1) is 13.2 Å². The molecule has 0 aliphatic rings. The number of carbonyl (C=O) groups is 3. The van der Waals surface area contributed by atoms with Gasteiger partial charge in [-0.25, -0.2) is 4.79 Å². The number of hydrogen-bond donors (Lipinski definition) is 2. The quantitative estimate of drug-likeness (QED) is 0.642. The molecule has 2 rings (SSSR count). The van der Waals surface area contributed by atoms with Gasteiger partial charge in [0.2, 0.25) is 5.91 Å². The highest BCUT2D eigenvalue weighted by Crippen LogP contribution is 2.24. The van der Waals surface area contributed by atoms with E-state index in [1.807, 2.05) is 0 Å². The summed E-state index contributed by atoms with van der Waals surface area (Å²) in [5.41, 5.74) is 0.673. The third-order valence-corrected chi connectivity index (χ3v) is 3.65. The number of amides is 2. The predicted octanol–water partition coefficient (Wildman–Crippen LogP) is 3.62. The van der Waals surface area contributed by atoms with E-state index in [2.05, 4.69) is 15.4 Å². The number of nitrogens with one attached hydrogen (secondary N) is 2. The van der Waals surface area contributed by atoms with E-state index >= 15 is 0 Å². The lowest BCUT2D eigenvalue weighted by atomic mass is 10.2. The van der Waals surface area contributed by atoms with E-state index in [0.29, 0.717) is 5.69 Å². The Hall–Kier alpha value is -4.07. The number of nitriles is 1. The highest BCUT2D eigenvalue weighted by Gasteiger charge is 2.31. The minimum Gasteiger partial charge on any atom is -0.449 e. The molecule has 0 fully saturated rings. The molecule has 1 atom stereocenters. The van der Waals surface area contributed by atoms with Crippen molar-refractivity contribution in [1.82, 2.24) is 0 Å². The molecule has 0 unspecified atom stereocenters. The Balaban J connectivity index is 1.90. The molecule has 0 heterocycles. The molecule has 0 aliphatic carbocycles. The summed E-state index contributed by atoms with van der Waals surface area (Å²) in [6, 6.07) is 11.8. The lowest BCUT2D eigenvalue weighted by molar-refractivity contribution is -0.274. The molecule has 0 aromatic heterocycles. The van der Waals surface area contributed by atoms with Crippen molar-refractivity contribution in [2.75, 3.05) is 10.6 Å². The van der Waals surface area contributed by atoms with Crippen molar-refractivity contribution in [3.8, 4) is 11.8 Å². The number of benzene rings is 2. The van der Waals surface area contributed by atoms with Gasteiger partial charge in [-0.3, -0.25) is 9.59 Å². The van der Waals surface area contributed by atoms with Gasteiger partial charge in [-0.2, -0.15) is 5.26 Å². The van der Waals surface area contributed by atoms with E-state index in [-0.39, 0.29) is 17.7 Å². The van der Waals surface area contributed by atoms with Crippen LogP contribution in [0.4, 0.5) is 24.5 Å². The van der Waals surface area contributed by atoms with Crippen molar-refractivity contribution in [1.29, 1.82) is 5.26 Å². The van der Waals surface area contributed by atoms with Crippen molar-refractivity contribution >= 4 is 29.2 Å². The first kappa shape index (κ1) is 23.2. The predicted molar refractivity (Wildman–Crippen MR) is 102 cm³/mol. The van der Waals surface area contributed by atoms with Crippen LogP contribution < -0.4 is 15.4 Å². The van der Waals surface area contributed by atoms with Gasteiger partial charge in [0, 0.05) is 11.4 Å². The minimum absolute atomic E-state index is 0.117. The summed E-state index contributed by atoms with van der Waals surface area (Å²) in [5, 5.41) is 13.3. The first-order valence-corrected chi connectivity index (χ1v) is 8.72. The van der Waals surface area contributed by atoms with Gasteiger partial charge in [0.15, 0.2) is 6.10 Å². The maximum Gasteiger partial charge on any atom is 0.573 e. The van der Waals surface area contributed by atoms with E-state index in [1.54, 1.807) is 6.07 Å². The Bertz CT molecular complexity index is 983. The van der Waals surface area contributed by atoms with Crippen LogP contribution in [0.25, 0.3) is 0 Å². The monoisotopic (exact) mass is 435 g/mol. The molecule has 162 valence electrons. The molecule has 0 radical (unpaired) electrons. The molecule has 2 aromatic rings. The third kappa shape index (κ3) is 7.69. The van der Waals surface area contributed by atoms with Gasteiger partial charge in [0.25, 0.3) is 5.91 Å². The minimum atomic E-state index is -4.83. The van der Waals surface area contributed by atoms with Crippen LogP contribution in [0.5, 0.6) is 5.75 Å². The molecule has 31 heavy (non-hydrogen) atoms. The number of rotatable bonds is 7. The fourth-order valence-corrected chi connectivity index (χ4v) is 2.23. The standard InChI is InChI=1S/C20H16F3N3O5/c1-12(18(28)26-15-6-8-16(9-7-15)31-20(21,22)23)30-19(29)13-2-4-14(5-3-13)25-17(27)10-11-24/h2-9,12H,10H2,1H3,(H,25,27)(H,26,28)/t12-/m0/s1. The highest BCUT2D eigenvalue weighted by atomic mass is 19.4. The Labute approximate surface area is 174 Å². The van der Waals surface area contributed by atoms with E-state index in [4.69, 9.17) is 10.00 Å². The number of esters is 1. The molecule has 11 heteroatoms. The smallest absolute Gasteiger partial charge is 0.449 e. The summed E-state index contributed by atoms with van der Waals surface area (Å²) >= 11 is 0. The van der Waals surface area contributed by atoms with Gasteiger partial charge in [-0.1, -0.05) is 0 Å². The average molecular weight is 435 g/mol. The second-order valence-corrected chi connectivity index (χ2v) is 6.07. The van der Waals surface area contributed by atoms with Crippen molar-refractivity contribution in [2.24, 2.45) is 0 Å². The van der Waals surface area contributed by atoms with Crippen molar-refractivity contribution in [2.45, 2.75) is 25.8 Å². The molecule has 0 bridgehead atoms. The molecule has 2 amide bonds. The van der Waals surface area contributed by atoms with Gasteiger partial charge in [0.1, 0.15) is 12.2 Å². The van der Waals surface area contributed by atoms with Gasteiger partial charge in [-0.05, 0) is 55.5 Å². The molecule has 0 spiro atoms. The maximum atomic E-state index is 12.2. The van der Waals surface area contributed by atoms with E-state index in [9.17, 15) is 27.6 Å². The zero-order valence-electron chi connectivity index (χ0n) is 16.0. The number of carbonyl (C=O) groups excluding carboxylic acids is 3. The topological polar surface area (TPSA) is 118 Å². The lowest BCUT2D eigenvalue weighted by Gasteiger charge is -2.14. The maximum absolute atomic E-state index is 12.2. The number of nitrogens with zero attached hydrogens (tertiary/aromatic N) is 1. The molecule has 0 saturated heterocycles. The molecular weight excluding hydrogens is 419 g/mol. The summed E-state index contributed by atoms with van der Waals surface area (Å²) in [6.45, 7) is 1.32. The van der Waals surface area contributed by atoms with Crippen molar-refractivity contribution < 1.29 is 37.0 Å². The van der Waals surface area contributed by atoms with Crippen LogP contribution in [0.15, 0.2) is 48.5 Å². The Morgan fingerprint density at radius 3 is 2.10 bits per heavy atom. The Morgan fingerprint density at radius 2 is 1.55 bits per heavy atom. The average Bonchev–Trinajstić information content (AvgIpc) is 2.69. The normalized spacial score (nSPS) is 11.6. The fraction of sp³-hybridized carbons (Fsp3) is 0.200. The second-order valence-electron chi connectivity index (χ2n) is 6.07. The molecule has 2 N–H and O–H groups in total. The zero-order valence-corrected chi connectivity index (χ0v) is 16.0. The molecule has 2 aromatic carbocycles. The molecule has 0 aliphatic heterocycles. The van der Waals surface area contributed by atoms with Gasteiger partial charge >= 0.3 is 12.3 Å². The SMILES string of the molecule is C[C@H](OC(=O)c1ccc(NC(=O)CC#N)cc1)C(=O)Nc1ccc(OC(F)(F)F)cc1. The summed E-state index contributed by atoms with van der Waals surface area (Å²) in [6.07, 6.45) is -6.34. The lowest BCUT2D eigenvalue weighted by Crippen LogP contribution is -2.30. The summed E-state index contributed by atoms with van der Waals surface area (Å²) in [4.78, 5) is 35.7. The number of anilines is 2. The fourth-order valence-electron chi connectivity index (χ4n) is 2.23. The number of halogens is 3. The first-order valence-electron chi connectivity index (χ1n) is 8.72. The molecule has 0 saturated carbocycles. The Kier molecular flexibility index (Phi) is 7.57. The largest absolute Gasteiger partial charge is 0.573 e.